The summed E-state index contributed by atoms with van der Waals surface area (Å²) in [6, 6.07) is 11.7. The van der Waals surface area contributed by atoms with Crippen molar-refractivity contribution in [1.29, 1.82) is 0 Å². The van der Waals surface area contributed by atoms with Crippen LogP contribution in [0, 0.1) is 0 Å². The van der Waals surface area contributed by atoms with Gasteiger partial charge in [0.05, 0.1) is 4.88 Å². The molecule has 3 rings (SSSR count). The summed E-state index contributed by atoms with van der Waals surface area (Å²) in [7, 11) is 0. The number of carbonyl (C=O) groups excluding carboxylic acids is 2. The van der Waals surface area contributed by atoms with E-state index in [1.807, 2.05) is 17.5 Å². The number of hydrogen-bond acceptors (Lipinski definition) is 4. The van der Waals surface area contributed by atoms with Crippen molar-refractivity contribution in [3.8, 4) is 0 Å². The van der Waals surface area contributed by atoms with Crippen molar-refractivity contribution in [2.24, 2.45) is 0 Å². The topological polar surface area (TPSA) is 52.7 Å². The molecule has 0 aliphatic carbocycles. The third-order valence-corrected chi connectivity index (χ3v) is 6.20. The molecular formula is C22H29N3O2S. The maximum atomic E-state index is 12.7. The first-order chi connectivity index (χ1) is 13.6. The second-order valence-electron chi connectivity index (χ2n) is 7.13. The Morgan fingerprint density at radius 3 is 2.50 bits per heavy atom. The Kier molecular flexibility index (Phi) is 7.23. The molecule has 1 saturated heterocycles. The lowest BCUT2D eigenvalue weighted by Gasteiger charge is -2.23. The number of rotatable bonds is 8. The smallest absolute Gasteiger partial charge is 0.264 e. The van der Waals surface area contributed by atoms with Gasteiger partial charge in [-0.05, 0) is 48.5 Å². The summed E-state index contributed by atoms with van der Waals surface area (Å²) >= 11 is 1.42. The minimum atomic E-state index is -0.364. The average molecular weight is 400 g/mol. The molecule has 5 nitrogen and oxygen atoms in total. The van der Waals surface area contributed by atoms with Crippen LogP contribution in [-0.2, 0) is 17.9 Å². The molecule has 1 N–H and O–H groups in total. The molecule has 6 heteroatoms. The maximum absolute atomic E-state index is 12.7. The Hall–Kier alpha value is -2.18. The molecule has 1 aliphatic heterocycles. The highest BCUT2D eigenvalue weighted by Gasteiger charge is 2.34. The van der Waals surface area contributed by atoms with E-state index >= 15 is 0 Å². The van der Waals surface area contributed by atoms with Crippen LogP contribution in [0.15, 0.2) is 41.8 Å². The molecule has 2 heterocycles. The number of hydrogen-bond donors (Lipinski definition) is 1. The first-order valence-electron chi connectivity index (χ1n) is 10.0. The molecule has 0 spiro atoms. The molecule has 28 heavy (non-hydrogen) atoms. The van der Waals surface area contributed by atoms with Gasteiger partial charge in [-0.3, -0.25) is 14.5 Å². The predicted octanol–water partition coefficient (Wildman–Crippen LogP) is 3.51. The zero-order chi connectivity index (χ0) is 19.9. The third kappa shape index (κ3) is 5.00. The lowest BCUT2D eigenvalue weighted by atomic mass is 10.1. The molecule has 2 amide bonds. The van der Waals surface area contributed by atoms with Gasteiger partial charge in [-0.25, -0.2) is 0 Å². The highest BCUT2D eigenvalue weighted by atomic mass is 32.1. The molecule has 2 aromatic rings. The van der Waals surface area contributed by atoms with Crippen LogP contribution in [0.25, 0.3) is 0 Å². The van der Waals surface area contributed by atoms with Gasteiger partial charge in [0, 0.05) is 19.6 Å². The number of benzene rings is 1. The lowest BCUT2D eigenvalue weighted by Crippen LogP contribution is -2.45. The molecule has 0 unspecified atom stereocenters. The largest absolute Gasteiger partial charge is 0.350 e. The highest BCUT2D eigenvalue weighted by molar-refractivity contribution is 7.12. The first kappa shape index (κ1) is 20.6. The fraction of sp³-hybridized carbons (Fsp3) is 0.455. The average Bonchev–Trinajstić information content (AvgIpc) is 3.42. The standard InChI is InChI=1S/C22H29N3O2S/c1-3-24(4-2)16-18-11-9-17(10-12-18)15-23-21(26)19-7-5-13-25(19)22(27)20-8-6-14-28-20/h6,8-12,14,19H,3-5,7,13,15-16H2,1-2H3,(H,23,26)/t19-/m1/s1. The Balaban J connectivity index is 1.54. The van der Waals surface area contributed by atoms with Gasteiger partial charge in [0.25, 0.3) is 5.91 Å². The fourth-order valence-electron chi connectivity index (χ4n) is 3.60. The normalized spacial score (nSPS) is 16.5. The molecular weight excluding hydrogens is 370 g/mol. The van der Waals surface area contributed by atoms with Crippen LogP contribution in [0.5, 0.6) is 0 Å². The summed E-state index contributed by atoms with van der Waals surface area (Å²) in [6.45, 7) is 8.50. The summed E-state index contributed by atoms with van der Waals surface area (Å²) in [4.78, 5) is 30.1. The van der Waals surface area contributed by atoms with Gasteiger partial charge in [-0.15, -0.1) is 11.3 Å². The molecule has 1 atom stereocenters. The van der Waals surface area contributed by atoms with Crippen molar-refractivity contribution in [3.05, 3.63) is 57.8 Å². The van der Waals surface area contributed by atoms with Crippen molar-refractivity contribution >= 4 is 23.2 Å². The van der Waals surface area contributed by atoms with E-state index in [0.717, 1.165) is 38.0 Å². The summed E-state index contributed by atoms with van der Waals surface area (Å²) in [6.07, 6.45) is 1.60. The van der Waals surface area contributed by atoms with Gasteiger partial charge in [0.1, 0.15) is 6.04 Å². The van der Waals surface area contributed by atoms with Gasteiger partial charge in [0.15, 0.2) is 0 Å². The first-order valence-corrected chi connectivity index (χ1v) is 10.9. The van der Waals surface area contributed by atoms with E-state index in [1.54, 1.807) is 4.90 Å². The maximum Gasteiger partial charge on any atom is 0.264 e. The second-order valence-corrected chi connectivity index (χ2v) is 8.08. The molecule has 0 saturated carbocycles. The van der Waals surface area contributed by atoms with Crippen molar-refractivity contribution < 1.29 is 9.59 Å². The Bertz CT molecular complexity index is 770. The number of carbonyl (C=O) groups is 2. The monoisotopic (exact) mass is 399 g/mol. The summed E-state index contributed by atoms with van der Waals surface area (Å²) in [5.41, 5.74) is 2.35. The van der Waals surface area contributed by atoms with E-state index in [0.29, 0.717) is 18.0 Å². The van der Waals surface area contributed by atoms with E-state index in [4.69, 9.17) is 0 Å². The SMILES string of the molecule is CCN(CC)Cc1ccc(CNC(=O)[C@H]2CCCN2C(=O)c2cccs2)cc1. The van der Waals surface area contributed by atoms with Crippen LogP contribution in [0.3, 0.4) is 0 Å². The van der Waals surface area contributed by atoms with Gasteiger partial charge < -0.3 is 10.2 Å². The van der Waals surface area contributed by atoms with Gasteiger partial charge >= 0.3 is 0 Å². The minimum absolute atomic E-state index is 0.0339. The second kappa shape index (κ2) is 9.85. The van der Waals surface area contributed by atoms with Gasteiger partial charge in [-0.1, -0.05) is 44.2 Å². The molecule has 1 aliphatic rings. The van der Waals surface area contributed by atoms with Gasteiger partial charge in [-0.2, -0.15) is 0 Å². The molecule has 0 bridgehead atoms. The Morgan fingerprint density at radius 1 is 1.14 bits per heavy atom. The number of amides is 2. The molecule has 1 fully saturated rings. The number of nitrogens with zero attached hydrogens (tertiary/aromatic N) is 2. The van der Waals surface area contributed by atoms with Gasteiger partial charge in [0.2, 0.25) is 5.91 Å². The predicted molar refractivity (Wildman–Crippen MR) is 113 cm³/mol. The van der Waals surface area contributed by atoms with E-state index < -0.39 is 0 Å². The van der Waals surface area contributed by atoms with E-state index in [-0.39, 0.29) is 17.9 Å². The number of nitrogens with one attached hydrogen (secondary N) is 1. The number of likely N-dealkylation sites (tertiary alicyclic amines) is 1. The van der Waals surface area contributed by atoms with Crippen LogP contribution in [0.1, 0.15) is 47.5 Å². The Morgan fingerprint density at radius 2 is 1.86 bits per heavy atom. The van der Waals surface area contributed by atoms with E-state index in [1.165, 1.54) is 16.9 Å². The van der Waals surface area contributed by atoms with Crippen LogP contribution >= 0.6 is 11.3 Å². The molecule has 150 valence electrons. The van der Waals surface area contributed by atoms with Crippen LogP contribution in [0.4, 0.5) is 0 Å². The third-order valence-electron chi connectivity index (χ3n) is 5.34. The summed E-state index contributed by atoms with van der Waals surface area (Å²) in [5, 5.41) is 4.90. The zero-order valence-electron chi connectivity index (χ0n) is 16.7. The molecule has 1 aromatic heterocycles. The zero-order valence-corrected chi connectivity index (χ0v) is 17.5. The quantitative estimate of drug-likeness (QED) is 0.739. The highest BCUT2D eigenvalue weighted by Crippen LogP contribution is 2.22. The number of thiophene rings is 1. The van der Waals surface area contributed by atoms with Crippen molar-refractivity contribution in [2.45, 2.75) is 45.8 Å². The van der Waals surface area contributed by atoms with Crippen LogP contribution in [-0.4, -0.2) is 47.3 Å². The fourth-order valence-corrected chi connectivity index (χ4v) is 4.28. The minimum Gasteiger partial charge on any atom is -0.350 e. The lowest BCUT2D eigenvalue weighted by molar-refractivity contribution is -0.125. The van der Waals surface area contributed by atoms with E-state index in [2.05, 4.69) is 48.3 Å². The van der Waals surface area contributed by atoms with Crippen molar-refractivity contribution in [1.82, 2.24) is 15.1 Å². The summed E-state index contributed by atoms with van der Waals surface area (Å²) in [5.74, 6) is -0.0944. The Labute approximate surface area is 171 Å². The van der Waals surface area contributed by atoms with Crippen LogP contribution in [0.2, 0.25) is 0 Å². The van der Waals surface area contributed by atoms with Crippen molar-refractivity contribution in [2.75, 3.05) is 19.6 Å². The summed E-state index contributed by atoms with van der Waals surface area (Å²) < 4.78 is 0. The van der Waals surface area contributed by atoms with Crippen molar-refractivity contribution in [3.63, 3.8) is 0 Å². The van der Waals surface area contributed by atoms with Crippen LogP contribution < -0.4 is 5.32 Å². The van der Waals surface area contributed by atoms with E-state index in [9.17, 15) is 9.59 Å². The molecule has 1 aromatic carbocycles. The molecule has 0 radical (unpaired) electrons.